The molecule has 0 bridgehead atoms. The highest BCUT2D eigenvalue weighted by Gasteiger charge is 2.13. The van der Waals surface area contributed by atoms with E-state index in [2.05, 4.69) is 10.2 Å². The molecule has 7 heteroatoms. The van der Waals surface area contributed by atoms with Crippen LogP contribution in [0.15, 0.2) is 42.5 Å². The number of ether oxygens (including phenoxy) is 3. The Morgan fingerprint density at radius 3 is 2.72 bits per heavy atom. The molecule has 1 N–H and O–H groups in total. The Kier molecular flexibility index (Phi) is 8.16. The van der Waals surface area contributed by atoms with Crippen molar-refractivity contribution in [3.8, 4) is 11.5 Å². The molecule has 29 heavy (non-hydrogen) atoms. The molecule has 1 amide bonds. The van der Waals surface area contributed by atoms with Gasteiger partial charge in [-0.25, -0.2) is 0 Å². The van der Waals surface area contributed by atoms with Crippen LogP contribution in [-0.2, 0) is 11.3 Å². The summed E-state index contributed by atoms with van der Waals surface area (Å²) in [5.41, 5.74) is 1.43. The fourth-order valence-electron chi connectivity index (χ4n) is 3.13. The molecule has 6 nitrogen and oxygen atoms in total. The number of carbonyl (C=O) groups excluding carboxylic acids is 1. The Morgan fingerprint density at radius 2 is 1.97 bits per heavy atom. The van der Waals surface area contributed by atoms with Crippen molar-refractivity contribution in [1.82, 2.24) is 10.2 Å². The molecule has 3 rings (SSSR count). The van der Waals surface area contributed by atoms with E-state index in [1.165, 1.54) is 0 Å². The van der Waals surface area contributed by atoms with Crippen molar-refractivity contribution in [2.45, 2.75) is 13.0 Å². The first-order chi connectivity index (χ1) is 14.2. The fraction of sp³-hybridized carbons (Fsp3) is 0.409. The summed E-state index contributed by atoms with van der Waals surface area (Å²) in [5.74, 6) is 0.956. The molecule has 2 aromatic carbocycles. The smallest absolute Gasteiger partial charge is 0.251 e. The van der Waals surface area contributed by atoms with Gasteiger partial charge in [0.2, 0.25) is 0 Å². The van der Waals surface area contributed by atoms with Gasteiger partial charge in [0.15, 0.2) is 11.5 Å². The minimum atomic E-state index is -0.122. The van der Waals surface area contributed by atoms with Crippen molar-refractivity contribution in [3.63, 3.8) is 0 Å². The summed E-state index contributed by atoms with van der Waals surface area (Å²) in [5, 5.41) is 3.62. The highest BCUT2D eigenvalue weighted by atomic mass is 35.5. The number of nitrogens with one attached hydrogen (secondary N) is 1. The molecule has 1 saturated heterocycles. The largest absolute Gasteiger partial charge is 0.493 e. The number of rotatable bonds is 9. The molecular formula is C22H27ClN2O4. The minimum Gasteiger partial charge on any atom is -0.493 e. The van der Waals surface area contributed by atoms with Crippen LogP contribution in [0.25, 0.3) is 0 Å². The van der Waals surface area contributed by atoms with E-state index in [4.69, 9.17) is 25.8 Å². The third-order valence-electron chi connectivity index (χ3n) is 4.81. The van der Waals surface area contributed by atoms with E-state index in [1.54, 1.807) is 25.3 Å². The predicted molar refractivity (Wildman–Crippen MR) is 113 cm³/mol. The van der Waals surface area contributed by atoms with Crippen molar-refractivity contribution in [2.24, 2.45) is 0 Å². The van der Waals surface area contributed by atoms with E-state index in [-0.39, 0.29) is 5.91 Å². The number of morpholine rings is 1. The number of carbonyl (C=O) groups is 1. The summed E-state index contributed by atoms with van der Waals surface area (Å²) in [7, 11) is 1.56. The van der Waals surface area contributed by atoms with Gasteiger partial charge in [-0.2, -0.15) is 0 Å². The molecule has 0 unspecified atom stereocenters. The minimum absolute atomic E-state index is 0.122. The van der Waals surface area contributed by atoms with E-state index in [1.807, 2.05) is 24.3 Å². The van der Waals surface area contributed by atoms with Gasteiger partial charge in [-0.15, -0.1) is 0 Å². The number of benzene rings is 2. The first-order valence-corrected chi connectivity index (χ1v) is 10.2. The Labute approximate surface area is 176 Å². The molecule has 1 fully saturated rings. The van der Waals surface area contributed by atoms with Gasteiger partial charge in [-0.1, -0.05) is 29.8 Å². The molecule has 156 valence electrons. The molecule has 0 atom stereocenters. The Bertz CT molecular complexity index is 809. The maximum absolute atomic E-state index is 12.4. The van der Waals surface area contributed by atoms with Crippen LogP contribution in [0.4, 0.5) is 0 Å². The lowest BCUT2D eigenvalue weighted by molar-refractivity contribution is 0.0374. The standard InChI is InChI=1S/C22H27ClN2O4/c1-27-21-15-17(22(26)24-9-4-10-25-11-13-28-14-12-25)7-8-20(21)29-16-18-5-2-3-6-19(18)23/h2-3,5-8,15H,4,9-14,16H2,1H3,(H,24,26). The van der Waals surface area contributed by atoms with Gasteiger partial charge >= 0.3 is 0 Å². The molecule has 0 aliphatic carbocycles. The summed E-state index contributed by atoms with van der Waals surface area (Å²) in [6.45, 7) is 5.41. The highest BCUT2D eigenvalue weighted by Crippen LogP contribution is 2.29. The molecule has 0 spiro atoms. The van der Waals surface area contributed by atoms with Gasteiger partial charge in [0, 0.05) is 35.8 Å². The van der Waals surface area contributed by atoms with Gasteiger partial charge in [0.25, 0.3) is 5.91 Å². The van der Waals surface area contributed by atoms with Crippen molar-refractivity contribution in [2.75, 3.05) is 46.5 Å². The van der Waals surface area contributed by atoms with Gasteiger partial charge in [0.05, 0.1) is 20.3 Å². The molecule has 1 aliphatic heterocycles. The van der Waals surface area contributed by atoms with Crippen LogP contribution >= 0.6 is 11.6 Å². The maximum atomic E-state index is 12.4. The van der Waals surface area contributed by atoms with E-state index >= 15 is 0 Å². The average molecular weight is 419 g/mol. The van der Waals surface area contributed by atoms with Crippen LogP contribution in [0.3, 0.4) is 0 Å². The number of amides is 1. The zero-order valence-electron chi connectivity index (χ0n) is 16.7. The van der Waals surface area contributed by atoms with E-state index < -0.39 is 0 Å². The highest BCUT2D eigenvalue weighted by molar-refractivity contribution is 6.31. The lowest BCUT2D eigenvalue weighted by Gasteiger charge is -2.26. The average Bonchev–Trinajstić information content (AvgIpc) is 2.76. The second kappa shape index (κ2) is 11.0. The zero-order valence-corrected chi connectivity index (χ0v) is 17.4. The second-order valence-corrected chi connectivity index (χ2v) is 7.22. The summed E-state index contributed by atoms with van der Waals surface area (Å²) in [4.78, 5) is 14.8. The van der Waals surface area contributed by atoms with Crippen LogP contribution in [0.1, 0.15) is 22.3 Å². The summed E-state index contributed by atoms with van der Waals surface area (Å²) in [6, 6.07) is 12.7. The fourth-order valence-corrected chi connectivity index (χ4v) is 3.32. The van der Waals surface area contributed by atoms with Crippen LogP contribution in [0, 0.1) is 0 Å². The molecule has 0 aromatic heterocycles. The SMILES string of the molecule is COc1cc(C(=O)NCCCN2CCOCC2)ccc1OCc1ccccc1Cl. The number of methoxy groups -OCH3 is 1. The molecule has 2 aromatic rings. The van der Waals surface area contributed by atoms with Crippen LogP contribution < -0.4 is 14.8 Å². The van der Waals surface area contributed by atoms with Crippen LogP contribution in [0.5, 0.6) is 11.5 Å². The third kappa shape index (κ3) is 6.35. The molecular weight excluding hydrogens is 392 g/mol. The molecule has 1 heterocycles. The van der Waals surface area contributed by atoms with Crippen molar-refractivity contribution in [3.05, 3.63) is 58.6 Å². The quantitative estimate of drug-likeness (QED) is 0.632. The molecule has 1 aliphatic rings. The topological polar surface area (TPSA) is 60.0 Å². The van der Waals surface area contributed by atoms with Gasteiger partial charge in [-0.05, 0) is 37.2 Å². The number of hydrogen-bond donors (Lipinski definition) is 1. The Balaban J connectivity index is 1.50. The summed E-state index contributed by atoms with van der Waals surface area (Å²) >= 11 is 6.17. The van der Waals surface area contributed by atoms with Crippen molar-refractivity contribution in [1.29, 1.82) is 0 Å². The lowest BCUT2D eigenvalue weighted by Crippen LogP contribution is -2.38. The second-order valence-electron chi connectivity index (χ2n) is 6.81. The number of halogens is 1. The zero-order chi connectivity index (χ0) is 20.5. The first-order valence-electron chi connectivity index (χ1n) is 9.80. The normalized spacial score (nSPS) is 14.4. The van der Waals surface area contributed by atoms with Crippen LogP contribution in [-0.4, -0.2) is 57.3 Å². The molecule has 0 saturated carbocycles. The van der Waals surface area contributed by atoms with Gasteiger partial charge in [0.1, 0.15) is 6.61 Å². The van der Waals surface area contributed by atoms with E-state index in [9.17, 15) is 4.79 Å². The number of nitrogens with zero attached hydrogens (tertiary/aromatic N) is 1. The van der Waals surface area contributed by atoms with E-state index in [0.29, 0.717) is 35.2 Å². The lowest BCUT2D eigenvalue weighted by atomic mass is 10.2. The van der Waals surface area contributed by atoms with Gasteiger partial charge in [-0.3, -0.25) is 9.69 Å². The summed E-state index contributed by atoms with van der Waals surface area (Å²) in [6.07, 6.45) is 0.905. The van der Waals surface area contributed by atoms with Crippen molar-refractivity contribution >= 4 is 17.5 Å². The predicted octanol–water partition coefficient (Wildman–Crippen LogP) is 3.38. The third-order valence-corrected chi connectivity index (χ3v) is 5.18. The maximum Gasteiger partial charge on any atom is 0.251 e. The Hall–Kier alpha value is -2.28. The monoisotopic (exact) mass is 418 g/mol. The van der Waals surface area contributed by atoms with Gasteiger partial charge < -0.3 is 19.5 Å². The van der Waals surface area contributed by atoms with Crippen LogP contribution in [0.2, 0.25) is 5.02 Å². The van der Waals surface area contributed by atoms with E-state index in [0.717, 1.165) is 44.8 Å². The van der Waals surface area contributed by atoms with Crippen molar-refractivity contribution < 1.29 is 19.0 Å². The molecule has 0 radical (unpaired) electrons. The first kappa shape index (κ1) is 21.4. The number of hydrogen-bond acceptors (Lipinski definition) is 5. The Morgan fingerprint density at radius 1 is 1.17 bits per heavy atom. The summed E-state index contributed by atoms with van der Waals surface area (Å²) < 4.78 is 16.6.